The molecule has 1 aliphatic rings. The average molecular weight is 493 g/mol. The first-order valence-electron chi connectivity index (χ1n) is 11.8. The van der Waals surface area contributed by atoms with Crippen LogP contribution in [0.15, 0.2) is 36.5 Å². The van der Waals surface area contributed by atoms with Crippen molar-refractivity contribution < 1.29 is 18.7 Å². The number of nitrogens with zero attached hydrogens (tertiary/aromatic N) is 5. The predicted molar refractivity (Wildman–Crippen MR) is 136 cm³/mol. The Morgan fingerprint density at radius 3 is 2.67 bits per heavy atom. The lowest BCUT2D eigenvalue weighted by molar-refractivity contribution is 0.0509. The number of carbonyl (C=O) groups excluding carboxylic acids is 1. The number of amides is 1. The lowest BCUT2D eigenvalue weighted by Crippen LogP contribution is -2.40. The van der Waals surface area contributed by atoms with Crippen molar-refractivity contribution in [2.24, 2.45) is 7.05 Å². The van der Waals surface area contributed by atoms with Crippen LogP contribution in [0.3, 0.4) is 0 Å². The molecule has 1 amide bonds. The summed E-state index contributed by atoms with van der Waals surface area (Å²) in [6, 6.07) is 9.33. The summed E-state index contributed by atoms with van der Waals surface area (Å²) in [5.41, 5.74) is 2.40. The van der Waals surface area contributed by atoms with Gasteiger partial charge in [0.15, 0.2) is 11.6 Å². The van der Waals surface area contributed by atoms with Crippen molar-refractivity contribution >= 4 is 33.8 Å². The third kappa shape index (κ3) is 4.50. The van der Waals surface area contributed by atoms with E-state index in [2.05, 4.69) is 15.3 Å². The van der Waals surface area contributed by atoms with E-state index < -0.39 is 17.5 Å². The van der Waals surface area contributed by atoms with Gasteiger partial charge in [-0.2, -0.15) is 5.10 Å². The van der Waals surface area contributed by atoms with E-state index in [1.54, 1.807) is 13.2 Å². The molecule has 1 aromatic carbocycles. The van der Waals surface area contributed by atoms with Crippen LogP contribution < -0.4 is 15.0 Å². The van der Waals surface area contributed by atoms with Gasteiger partial charge in [-0.05, 0) is 57.5 Å². The number of nitrogens with one attached hydrogen (secondary N) is 1. The quantitative estimate of drug-likeness (QED) is 0.450. The molecule has 0 saturated carbocycles. The fraction of sp³-hybridized carbons (Fsp3) is 0.385. The van der Waals surface area contributed by atoms with Gasteiger partial charge in [0.1, 0.15) is 16.9 Å². The zero-order chi connectivity index (χ0) is 25.6. The van der Waals surface area contributed by atoms with Crippen molar-refractivity contribution in [3.63, 3.8) is 0 Å². The summed E-state index contributed by atoms with van der Waals surface area (Å²) in [5.74, 6) is 0.470. The second kappa shape index (κ2) is 8.92. The van der Waals surface area contributed by atoms with Gasteiger partial charge in [0.2, 0.25) is 0 Å². The maximum absolute atomic E-state index is 15.2. The van der Waals surface area contributed by atoms with E-state index in [9.17, 15) is 4.79 Å². The molecule has 1 N–H and O–H groups in total. The first-order valence-corrected chi connectivity index (χ1v) is 11.8. The zero-order valence-corrected chi connectivity index (χ0v) is 21.0. The fourth-order valence-electron chi connectivity index (χ4n) is 4.55. The third-order valence-electron chi connectivity index (χ3n) is 6.16. The predicted octanol–water partition coefficient (Wildman–Crippen LogP) is 4.43. The Hall–Kier alpha value is -3.95. The molecule has 4 aromatic rings. The number of rotatable bonds is 4. The molecule has 9 nitrogen and oxygen atoms in total. The number of aromatic nitrogens is 4. The van der Waals surface area contributed by atoms with Crippen LogP contribution in [0.4, 0.5) is 15.0 Å². The Balaban J connectivity index is 1.38. The fourth-order valence-corrected chi connectivity index (χ4v) is 4.55. The summed E-state index contributed by atoms with van der Waals surface area (Å²) in [7, 11) is 3.14. The lowest BCUT2D eigenvalue weighted by atomic mass is 10.1. The molecule has 1 unspecified atom stereocenters. The number of fused-ring (bicyclic) bond motifs is 2. The first-order chi connectivity index (χ1) is 17.1. The Kier molecular flexibility index (Phi) is 5.89. The molecule has 3 aromatic heterocycles. The average Bonchev–Trinajstić information content (AvgIpc) is 3.43. The van der Waals surface area contributed by atoms with Crippen LogP contribution >= 0.6 is 0 Å². The van der Waals surface area contributed by atoms with Crippen LogP contribution in [-0.4, -0.2) is 57.7 Å². The summed E-state index contributed by atoms with van der Waals surface area (Å²) in [6.07, 6.45) is 2.02. The monoisotopic (exact) mass is 492 g/mol. The number of alkyl carbamates (subject to hydrolysis) is 1. The van der Waals surface area contributed by atoms with Crippen molar-refractivity contribution in [3.8, 4) is 17.0 Å². The number of hydrogen-bond acceptors (Lipinski definition) is 7. The Morgan fingerprint density at radius 2 is 1.92 bits per heavy atom. The van der Waals surface area contributed by atoms with Crippen molar-refractivity contribution in [2.75, 3.05) is 25.1 Å². The second-order valence-electron chi connectivity index (χ2n) is 9.96. The summed E-state index contributed by atoms with van der Waals surface area (Å²) < 4.78 is 27.4. The minimum absolute atomic E-state index is 0.0115. The van der Waals surface area contributed by atoms with Gasteiger partial charge in [-0.25, -0.2) is 19.2 Å². The molecule has 0 spiro atoms. The van der Waals surface area contributed by atoms with E-state index in [1.165, 1.54) is 11.8 Å². The smallest absolute Gasteiger partial charge is 0.407 e. The van der Waals surface area contributed by atoms with Crippen molar-refractivity contribution in [3.05, 3.63) is 42.3 Å². The number of methoxy groups -OCH3 is 1. The van der Waals surface area contributed by atoms with Crippen LogP contribution in [0, 0.1) is 5.82 Å². The highest BCUT2D eigenvalue weighted by Crippen LogP contribution is 2.37. The molecular weight excluding hydrogens is 463 g/mol. The van der Waals surface area contributed by atoms with Gasteiger partial charge in [0.25, 0.3) is 0 Å². The number of anilines is 1. The first kappa shape index (κ1) is 23.8. The number of benzene rings is 1. The number of aryl methyl sites for hydroxylation is 1. The maximum atomic E-state index is 15.2. The molecule has 0 aliphatic carbocycles. The number of ether oxygens (including phenoxy) is 2. The standard InChI is InChI=1S/C26H29FN6O3/c1-26(2,3)36-25(34)29-16-10-11-33(14-16)21-9-8-19-20(31-21)7-6-18(30-19)17-12-15-13-28-32(4)23(15)22(27)24(17)35-5/h6-9,12-13,16H,10-11,14H2,1-5H3,(H,29,34). The molecule has 1 fully saturated rings. The van der Waals surface area contributed by atoms with Gasteiger partial charge < -0.3 is 19.7 Å². The Morgan fingerprint density at radius 1 is 1.17 bits per heavy atom. The van der Waals surface area contributed by atoms with Gasteiger partial charge in [0, 0.05) is 31.1 Å². The van der Waals surface area contributed by atoms with Crippen molar-refractivity contribution in [2.45, 2.75) is 38.8 Å². The maximum Gasteiger partial charge on any atom is 0.407 e. The summed E-state index contributed by atoms with van der Waals surface area (Å²) in [4.78, 5) is 23.8. The molecule has 1 saturated heterocycles. The van der Waals surface area contributed by atoms with Crippen molar-refractivity contribution in [1.82, 2.24) is 25.1 Å². The van der Waals surface area contributed by atoms with E-state index in [-0.39, 0.29) is 11.8 Å². The minimum Gasteiger partial charge on any atom is -0.493 e. The molecule has 0 radical (unpaired) electrons. The minimum atomic E-state index is -0.534. The summed E-state index contributed by atoms with van der Waals surface area (Å²) in [5, 5.41) is 7.76. The number of halogens is 1. The van der Waals surface area contributed by atoms with Crippen molar-refractivity contribution in [1.29, 1.82) is 0 Å². The van der Waals surface area contributed by atoms with Gasteiger partial charge in [-0.3, -0.25) is 4.68 Å². The molecule has 4 heterocycles. The van der Waals surface area contributed by atoms with E-state index >= 15 is 4.39 Å². The van der Waals surface area contributed by atoms with Crippen LogP contribution in [-0.2, 0) is 11.8 Å². The Labute approximate surface area is 208 Å². The van der Waals surface area contributed by atoms with Crippen LogP contribution in [0.25, 0.3) is 33.2 Å². The molecule has 188 valence electrons. The zero-order valence-electron chi connectivity index (χ0n) is 21.0. The molecule has 1 atom stereocenters. The van der Waals surface area contributed by atoms with Crippen LogP contribution in [0.1, 0.15) is 27.2 Å². The molecule has 10 heteroatoms. The highest BCUT2D eigenvalue weighted by atomic mass is 19.1. The molecule has 0 bridgehead atoms. The largest absolute Gasteiger partial charge is 0.493 e. The highest BCUT2D eigenvalue weighted by molar-refractivity contribution is 5.90. The lowest BCUT2D eigenvalue weighted by Gasteiger charge is -2.22. The van der Waals surface area contributed by atoms with E-state index in [1.807, 2.05) is 51.1 Å². The highest BCUT2D eigenvalue weighted by Gasteiger charge is 2.27. The molecular formula is C26H29FN6O3. The van der Waals surface area contributed by atoms with Gasteiger partial charge in [-0.15, -0.1) is 0 Å². The van der Waals surface area contributed by atoms with Gasteiger partial charge in [-0.1, -0.05) is 0 Å². The summed E-state index contributed by atoms with van der Waals surface area (Å²) >= 11 is 0. The van der Waals surface area contributed by atoms with E-state index in [4.69, 9.17) is 19.4 Å². The van der Waals surface area contributed by atoms with E-state index in [0.29, 0.717) is 34.2 Å². The number of carbonyl (C=O) groups is 1. The molecule has 1 aliphatic heterocycles. The number of pyridine rings is 2. The van der Waals surface area contributed by atoms with Crippen LogP contribution in [0.2, 0.25) is 0 Å². The van der Waals surface area contributed by atoms with Gasteiger partial charge in [0.05, 0.1) is 36.1 Å². The third-order valence-corrected chi connectivity index (χ3v) is 6.16. The van der Waals surface area contributed by atoms with E-state index in [0.717, 1.165) is 24.3 Å². The Bertz CT molecular complexity index is 1460. The topological polar surface area (TPSA) is 94.4 Å². The molecule has 36 heavy (non-hydrogen) atoms. The van der Waals surface area contributed by atoms with Crippen LogP contribution in [0.5, 0.6) is 5.75 Å². The number of hydrogen-bond donors (Lipinski definition) is 1. The second-order valence-corrected chi connectivity index (χ2v) is 9.96. The van der Waals surface area contributed by atoms with Gasteiger partial charge >= 0.3 is 6.09 Å². The molecule has 5 rings (SSSR count). The summed E-state index contributed by atoms with van der Waals surface area (Å²) in [6.45, 7) is 6.94. The SMILES string of the molecule is COc1c(-c2ccc3nc(N4CCC(NC(=O)OC(C)(C)C)C4)ccc3n2)cc2cnn(C)c2c1F. The normalized spacial score (nSPS) is 16.1.